The molecular formula is C29H34N2O7S. The highest BCUT2D eigenvalue weighted by Crippen LogP contribution is 2.30. The first kappa shape index (κ1) is 29.9. The highest BCUT2D eigenvalue weighted by atomic mass is 32.2. The summed E-state index contributed by atoms with van der Waals surface area (Å²) in [5.74, 6) is 0.0820. The Hall–Kier alpha value is -3.65. The zero-order valence-electron chi connectivity index (χ0n) is 22.2. The van der Waals surface area contributed by atoms with E-state index in [1.165, 1.54) is 7.11 Å². The number of nitrogens with one attached hydrogen (secondary N) is 1. The number of carbonyl (C=O) groups excluding carboxylic acids is 1. The lowest BCUT2D eigenvalue weighted by atomic mass is 9.97. The second-order valence-corrected chi connectivity index (χ2v) is 10.9. The third-order valence-corrected chi connectivity index (χ3v) is 7.43. The average Bonchev–Trinajstić information content (AvgIpc) is 2.92. The fraction of sp³-hybridized carbons (Fsp3) is 0.379. The summed E-state index contributed by atoms with van der Waals surface area (Å²) in [4.78, 5) is 11.5. The van der Waals surface area contributed by atoms with Gasteiger partial charge in [-0.25, -0.2) is 8.42 Å². The lowest BCUT2D eigenvalue weighted by Crippen LogP contribution is -2.18. The standard InChI is InChI=1S/C29H34N2O7S/c1-3-37-29(33)7-5-4-6-14-39(34,35)31-27-13-12-26(38-20-36-2)17-25(27)18-28(32)23-11-10-22-9-8-21(19-30)15-24(22)16-23/h8-13,15-17,28,31-32H,3-7,14,18,20H2,1-2H3. The fourth-order valence-electron chi connectivity index (χ4n) is 4.11. The van der Waals surface area contributed by atoms with Gasteiger partial charge >= 0.3 is 5.97 Å². The molecule has 9 nitrogen and oxygen atoms in total. The second kappa shape index (κ2) is 14.5. The summed E-state index contributed by atoms with van der Waals surface area (Å²) in [6.07, 6.45) is 0.959. The van der Waals surface area contributed by atoms with Crippen molar-refractivity contribution in [1.29, 1.82) is 5.26 Å². The van der Waals surface area contributed by atoms with Gasteiger partial charge in [0.05, 0.1) is 35.8 Å². The Kier molecular flexibility index (Phi) is 11.1. The first-order chi connectivity index (χ1) is 18.7. The van der Waals surface area contributed by atoms with Crippen LogP contribution in [0.15, 0.2) is 54.6 Å². The minimum absolute atomic E-state index is 0.0186. The van der Waals surface area contributed by atoms with E-state index in [1.807, 2.05) is 24.3 Å². The molecule has 0 bridgehead atoms. The number of fused-ring (bicyclic) bond motifs is 1. The molecule has 3 aromatic rings. The van der Waals surface area contributed by atoms with Crippen molar-refractivity contribution in [3.05, 3.63) is 71.3 Å². The molecule has 3 aromatic carbocycles. The van der Waals surface area contributed by atoms with Gasteiger partial charge in [0, 0.05) is 20.0 Å². The summed E-state index contributed by atoms with van der Waals surface area (Å²) in [7, 11) is -2.18. The predicted octanol–water partition coefficient (Wildman–Crippen LogP) is 4.84. The molecule has 0 fully saturated rings. The van der Waals surface area contributed by atoms with Crippen LogP contribution in [0.5, 0.6) is 5.75 Å². The van der Waals surface area contributed by atoms with Crippen molar-refractivity contribution < 1.29 is 32.5 Å². The fourth-order valence-corrected chi connectivity index (χ4v) is 5.33. The Balaban J connectivity index is 1.74. The summed E-state index contributed by atoms with van der Waals surface area (Å²) in [5, 5.41) is 22.1. The highest BCUT2D eigenvalue weighted by Gasteiger charge is 2.18. The van der Waals surface area contributed by atoms with Crippen molar-refractivity contribution >= 4 is 32.5 Å². The van der Waals surface area contributed by atoms with Crippen LogP contribution >= 0.6 is 0 Å². The van der Waals surface area contributed by atoms with Gasteiger partial charge in [-0.15, -0.1) is 0 Å². The number of nitriles is 1. The minimum atomic E-state index is -3.68. The maximum absolute atomic E-state index is 12.8. The highest BCUT2D eigenvalue weighted by molar-refractivity contribution is 7.92. The molecule has 1 unspecified atom stereocenters. The number of ether oxygens (including phenoxy) is 3. The van der Waals surface area contributed by atoms with E-state index in [0.717, 1.165) is 10.8 Å². The van der Waals surface area contributed by atoms with Crippen LogP contribution < -0.4 is 9.46 Å². The second-order valence-electron chi connectivity index (χ2n) is 9.06. The molecule has 208 valence electrons. The monoisotopic (exact) mass is 554 g/mol. The largest absolute Gasteiger partial charge is 0.468 e. The summed E-state index contributed by atoms with van der Waals surface area (Å²) in [5.41, 5.74) is 2.05. The van der Waals surface area contributed by atoms with Crippen molar-refractivity contribution in [2.45, 2.75) is 45.1 Å². The molecule has 0 amide bonds. The van der Waals surface area contributed by atoms with Crippen molar-refractivity contribution in [3.8, 4) is 11.8 Å². The Morgan fingerprint density at radius 2 is 1.85 bits per heavy atom. The third kappa shape index (κ3) is 9.25. The smallest absolute Gasteiger partial charge is 0.305 e. The number of rotatable bonds is 15. The van der Waals surface area contributed by atoms with Crippen LogP contribution in [0.1, 0.15) is 55.4 Å². The summed E-state index contributed by atoms with van der Waals surface area (Å²) in [6, 6.07) is 17.9. The maximum atomic E-state index is 12.8. The summed E-state index contributed by atoms with van der Waals surface area (Å²) in [6.45, 7) is 2.09. The van der Waals surface area contributed by atoms with Gasteiger partial charge in [-0.3, -0.25) is 9.52 Å². The van der Waals surface area contributed by atoms with E-state index in [2.05, 4.69) is 10.8 Å². The van der Waals surface area contributed by atoms with Crippen molar-refractivity contribution in [2.24, 2.45) is 0 Å². The van der Waals surface area contributed by atoms with E-state index in [4.69, 9.17) is 14.2 Å². The average molecular weight is 555 g/mol. The predicted molar refractivity (Wildman–Crippen MR) is 149 cm³/mol. The molecular weight excluding hydrogens is 520 g/mol. The molecule has 2 N–H and O–H groups in total. The maximum Gasteiger partial charge on any atom is 0.305 e. The lowest BCUT2D eigenvalue weighted by molar-refractivity contribution is -0.143. The molecule has 10 heteroatoms. The minimum Gasteiger partial charge on any atom is -0.468 e. The Morgan fingerprint density at radius 1 is 1.05 bits per heavy atom. The number of anilines is 1. The van der Waals surface area contributed by atoms with Gasteiger partial charge in [-0.1, -0.05) is 24.6 Å². The number of methoxy groups -OCH3 is 1. The van der Waals surface area contributed by atoms with Gasteiger partial charge in [0.25, 0.3) is 0 Å². The first-order valence-electron chi connectivity index (χ1n) is 12.8. The van der Waals surface area contributed by atoms with Gasteiger partial charge in [-0.05, 0) is 78.1 Å². The van der Waals surface area contributed by atoms with Crippen LogP contribution in [0.2, 0.25) is 0 Å². The van der Waals surface area contributed by atoms with Crippen LogP contribution in [-0.4, -0.2) is 45.8 Å². The molecule has 39 heavy (non-hydrogen) atoms. The number of aliphatic hydroxyl groups excluding tert-OH is 1. The quantitative estimate of drug-likeness (QED) is 0.155. The molecule has 1 atom stereocenters. The van der Waals surface area contributed by atoms with Gasteiger partial charge in [0.1, 0.15) is 5.75 Å². The SMILES string of the molecule is CCOC(=O)CCCCCS(=O)(=O)Nc1ccc(OCOC)cc1CC(O)c1ccc2ccc(C#N)cc2c1. The topological polar surface area (TPSA) is 135 Å². The Bertz CT molecular complexity index is 1420. The zero-order chi connectivity index (χ0) is 28.3. The van der Waals surface area contributed by atoms with Crippen molar-refractivity contribution in [2.75, 3.05) is 31.0 Å². The number of carbonyl (C=O) groups is 1. The number of nitrogens with zero attached hydrogens (tertiary/aromatic N) is 1. The third-order valence-electron chi connectivity index (χ3n) is 6.08. The van der Waals surface area contributed by atoms with Gasteiger partial charge in [0.15, 0.2) is 6.79 Å². The number of benzene rings is 3. The Morgan fingerprint density at radius 3 is 2.59 bits per heavy atom. The number of unbranched alkanes of at least 4 members (excludes halogenated alkanes) is 2. The van der Waals surface area contributed by atoms with Crippen molar-refractivity contribution in [1.82, 2.24) is 0 Å². The number of hydrogen-bond acceptors (Lipinski definition) is 8. The van der Waals surface area contributed by atoms with Gasteiger partial charge < -0.3 is 19.3 Å². The molecule has 0 aliphatic heterocycles. The van der Waals surface area contributed by atoms with Crippen LogP contribution in [0, 0.1) is 11.3 Å². The van der Waals surface area contributed by atoms with E-state index in [-0.39, 0.29) is 31.4 Å². The number of hydrogen-bond donors (Lipinski definition) is 2. The van der Waals surface area contributed by atoms with E-state index in [9.17, 15) is 23.6 Å². The summed E-state index contributed by atoms with van der Waals surface area (Å²) >= 11 is 0. The molecule has 0 spiro atoms. The first-order valence-corrected chi connectivity index (χ1v) is 14.4. The molecule has 0 heterocycles. The van der Waals surface area contributed by atoms with E-state index in [0.29, 0.717) is 54.0 Å². The van der Waals surface area contributed by atoms with Crippen LogP contribution in [0.25, 0.3) is 10.8 Å². The zero-order valence-corrected chi connectivity index (χ0v) is 23.0. The van der Waals surface area contributed by atoms with Crippen LogP contribution in [0.3, 0.4) is 0 Å². The van der Waals surface area contributed by atoms with Gasteiger partial charge in [0.2, 0.25) is 10.0 Å². The molecule has 0 aliphatic carbocycles. The number of esters is 1. The Labute approximate surface area is 229 Å². The lowest BCUT2D eigenvalue weighted by Gasteiger charge is -2.18. The number of sulfonamides is 1. The molecule has 0 aromatic heterocycles. The number of aliphatic hydroxyl groups is 1. The normalized spacial score (nSPS) is 12.1. The summed E-state index contributed by atoms with van der Waals surface area (Å²) < 4.78 is 43.7. The molecule has 3 rings (SSSR count). The molecule has 0 aliphatic rings. The van der Waals surface area contributed by atoms with Gasteiger partial charge in [-0.2, -0.15) is 5.26 Å². The van der Waals surface area contributed by atoms with E-state index in [1.54, 1.807) is 37.3 Å². The van der Waals surface area contributed by atoms with Crippen LogP contribution in [-0.2, 0) is 30.7 Å². The molecule has 0 saturated heterocycles. The van der Waals surface area contributed by atoms with Crippen LogP contribution in [0.4, 0.5) is 5.69 Å². The van der Waals surface area contributed by atoms with E-state index < -0.39 is 16.1 Å². The van der Waals surface area contributed by atoms with Crippen molar-refractivity contribution in [3.63, 3.8) is 0 Å². The van der Waals surface area contributed by atoms with E-state index >= 15 is 0 Å². The molecule has 0 saturated carbocycles. The molecule has 0 radical (unpaired) electrons.